The highest BCUT2D eigenvalue weighted by molar-refractivity contribution is 7.92. The molecule has 4 bridgehead atoms. The van der Waals surface area contributed by atoms with E-state index in [1.807, 2.05) is 32.0 Å². The number of rotatable bonds is 3. The topological polar surface area (TPSA) is 122 Å². The number of benzene rings is 2. The van der Waals surface area contributed by atoms with E-state index >= 15 is 0 Å². The molecule has 1 aromatic heterocycles. The summed E-state index contributed by atoms with van der Waals surface area (Å²) in [4.78, 5) is 24.8. The molecule has 218 valence electrons. The van der Waals surface area contributed by atoms with Crippen molar-refractivity contribution in [2.75, 3.05) is 11.3 Å². The molecule has 2 aromatic carbocycles. The third-order valence-corrected chi connectivity index (χ3v) is 9.03. The summed E-state index contributed by atoms with van der Waals surface area (Å²) in [6.07, 6.45) is 1.47. The van der Waals surface area contributed by atoms with Crippen LogP contribution in [0.5, 0.6) is 5.88 Å². The molecule has 0 radical (unpaired) electrons. The molecule has 1 atom stereocenters. The quantitative estimate of drug-likeness (QED) is 0.443. The minimum atomic E-state index is -4.13. The summed E-state index contributed by atoms with van der Waals surface area (Å²) < 4.78 is 35.8. The molecule has 0 spiro atoms. The first-order valence-electron chi connectivity index (χ1n) is 13.9. The molecule has 0 saturated heterocycles. The van der Waals surface area contributed by atoms with E-state index < -0.39 is 15.6 Å². The molecule has 10 heteroatoms. The van der Waals surface area contributed by atoms with Crippen molar-refractivity contribution in [3.05, 3.63) is 65.2 Å². The van der Waals surface area contributed by atoms with Gasteiger partial charge in [-0.25, -0.2) is 18.1 Å². The third-order valence-electron chi connectivity index (χ3n) is 7.70. The summed E-state index contributed by atoms with van der Waals surface area (Å²) >= 11 is 0. The van der Waals surface area contributed by atoms with E-state index in [0.29, 0.717) is 25.0 Å². The van der Waals surface area contributed by atoms with Crippen molar-refractivity contribution in [2.24, 2.45) is 5.41 Å². The zero-order valence-corrected chi connectivity index (χ0v) is 25.2. The summed E-state index contributed by atoms with van der Waals surface area (Å²) in [5.41, 5.74) is 2.59. The van der Waals surface area contributed by atoms with Crippen molar-refractivity contribution in [2.45, 2.75) is 83.4 Å². The molecule has 1 fully saturated rings. The second-order valence-corrected chi connectivity index (χ2v) is 14.5. The van der Waals surface area contributed by atoms with Gasteiger partial charge in [0.25, 0.3) is 15.9 Å². The van der Waals surface area contributed by atoms with E-state index in [-0.39, 0.29) is 52.3 Å². The van der Waals surface area contributed by atoms with Crippen molar-refractivity contribution in [3.63, 3.8) is 0 Å². The largest absolute Gasteiger partial charge is 0.475 e. The molecule has 1 amide bonds. The number of aryl methyl sites for hydroxylation is 2. The second kappa shape index (κ2) is 10.4. The lowest BCUT2D eigenvalue weighted by Gasteiger charge is -2.50. The highest BCUT2D eigenvalue weighted by Gasteiger charge is 2.46. The molecule has 3 aromatic rings. The normalized spacial score (nSPS) is 24.2. The predicted molar refractivity (Wildman–Crippen MR) is 157 cm³/mol. The number of aromatic nitrogens is 2. The summed E-state index contributed by atoms with van der Waals surface area (Å²) in [5, 5.41) is 10.6. The van der Waals surface area contributed by atoms with E-state index in [1.165, 1.54) is 12.1 Å². The van der Waals surface area contributed by atoms with Crippen LogP contribution in [0, 0.1) is 19.3 Å². The summed E-state index contributed by atoms with van der Waals surface area (Å²) in [6.45, 7) is 12.2. The van der Waals surface area contributed by atoms with E-state index in [0.717, 1.165) is 16.7 Å². The minimum absolute atomic E-state index is 0.0703. The van der Waals surface area contributed by atoms with E-state index in [1.54, 1.807) is 30.0 Å². The Morgan fingerprint density at radius 2 is 1.73 bits per heavy atom. The lowest BCUT2D eigenvalue weighted by molar-refractivity contribution is -0.0836. The van der Waals surface area contributed by atoms with Crippen molar-refractivity contribution in [1.82, 2.24) is 14.9 Å². The Balaban J connectivity index is 1.67. The molecule has 1 saturated carbocycles. The lowest BCUT2D eigenvalue weighted by atomic mass is 9.75. The fraction of sp³-hybridized carbons (Fsp3) is 0.452. The van der Waals surface area contributed by atoms with Gasteiger partial charge in [-0.15, -0.1) is 0 Å². The van der Waals surface area contributed by atoms with Gasteiger partial charge in [-0.05, 0) is 74.8 Å². The highest BCUT2D eigenvalue weighted by Crippen LogP contribution is 2.39. The molecule has 9 nitrogen and oxygen atoms in total. The number of fused-ring (bicyclic) bond motifs is 4. The molecule has 2 heterocycles. The molecule has 5 rings (SSSR count). The van der Waals surface area contributed by atoms with Gasteiger partial charge in [0.05, 0.1) is 22.2 Å². The van der Waals surface area contributed by atoms with Gasteiger partial charge in [0.15, 0.2) is 0 Å². The maximum Gasteiger partial charge on any atom is 0.264 e. The van der Waals surface area contributed by atoms with Crippen LogP contribution >= 0.6 is 0 Å². The number of nitrogens with one attached hydrogen (secondary N) is 1. The van der Waals surface area contributed by atoms with Crippen molar-refractivity contribution >= 4 is 21.9 Å². The van der Waals surface area contributed by atoms with Crippen molar-refractivity contribution in [1.29, 1.82) is 0 Å². The van der Waals surface area contributed by atoms with Gasteiger partial charge in [0, 0.05) is 23.2 Å². The predicted octanol–water partition coefficient (Wildman–Crippen LogP) is 5.11. The van der Waals surface area contributed by atoms with E-state index in [4.69, 9.17) is 4.74 Å². The summed E-state index contributed by atoms with van der Waals surface area (Å²) in [6, 6.07) is 13.0. The van der Waals surface area contributed by atoms with Crippen LogP contribution in [0.4, 0.5) is 5.95 Å². The molecular formula is C31H38N4O5S. The van der Waals surface area contributed by atoms with Gasteiger partial charge in [-0.1, -0.05) is 45.0 Å². The van der Waals surface area contributed by atoms with Gasteiger partial charge in [0.1, 0.15) is 6.61 Å². The fourth-order valence-electron chi connectivity index (χ4n) is 5.92. The molecule has 2 N–H and O–H groups in total. The summed E-state index contributed by atoms with van der Waals surface area (Å²) in [7, 11) is -4.13. The van der Waals surface area contributed by atoms with Crippen LogP contribution in [-0.2, 0) is 10.0 Å². The number of aliphatic hydroxyl groups is 1. The molecule has 0 unspecified atom stereocenters. The van der Waals surface area contributed by atoms with Gasteiger partial charge in [-0.2, -0.15) is 4.98 Å². The maximum atomic E-state index is 14.1. The number of nitrogens with zero attached hydrogens (tertiary/aromatic N) is 3. The number of amides is 1. The Bertz CT molecular complexity index is 1570. The minimum Gasteiger partial charge on any atom is -0.475 e. The van der Waals surface area contributed by atoms with Gasteiger partial charge in [0.2, 0.25) is 11.8 Å². The van der Waals surface area contributed by atoms with Crippen molar-refractivity contribution < 1.29 is 23.1 Å². The van der Waals surface area contributed by atoms with Crippen LogP contribution in [0.1, 0.15) is 68.4 Å². The first-order chi connectivity index (χ1) is 19.1. The van der Waals surface area contributed by atoms with E-state index in [2.05, 4.69) is 35.5 Å². The molecule has 1 aliphatic heterocycles. The zero-order chi connectivity index (χ0) is 29.7. The van der Waals surface area contributed by atoms with Crippen LogP contribution in [-0.4, -0.2) is 58.6 Å². The number of anilines is 1. The molecule has 41 heavy (non-hydrogen) atoms. The maximum absolute atomic E-state index is 14.1. The molecular weight excluding hydrogens is 540 g/mol. The monoisotopic (exact) mass is 578 g/mol. The Morgan fingerprint density at radius 3 is 2.37 bits per heavy atom. The second-order valence-electron chi connectivity index (χ2n) is 12.8. The van der Waals surface area contributed by atoms with Crippen molar-refractivity contribution in [3.8, 4) is 17.1 Å². The average molecular weight is 579 g/mol. The Kier molecular flexibility index (Phi) is 7.36. The van der Waals surface area contributed by atoms with Crippen LogP contribution in [0.2, 0.25) is 0 Å². The highest BCUT2D eigenvalue weighted by atomic mass is 32.2. The Labute approximate surface area is 242 Å². The Hall–Kier alpha value is -3.50. The smallest absolute Gasteiger partial charge is 0.264 e. The number of hydrogen-bond donors (Lipinski definition) is 2. The first-order valence-corrected chi connectivity index (χ1v) is 15.4. The number of carbonyl (C=O) groups is 1. The summed E-state index contributed by atoms with van der Waals surface area (Å²) in [5.74, 6) is -0.211. The molecule has 2 aliphatic rings. The first kappa shape index (κ1) is 29.0. The zero-order valence-electron chi connectivity index (χ0n) is 24.4. The third kappa shape index (κ3) is 6.23. The number of hydrogen-bond acceptors (Lipinski definition) is 7. The Morgan fingerprint density at radius 1 is 1.07 bits per heavy atom. The van der Waals surface area contributed by atoms with Gasteiger partial charge in [-0.3, -0.25) is 4.79 Å². The number of ether oxygens (including phenoxy) is 1. The number of sulfonamides is 1. The lowest BCUT2D eigenvalue weighted by Crippen LogP contribution is -2.60. The molecule has 1 aliphatic carbocycles. The number of carbonyl (C=O) groups excluding carboxylic acids is 1. The van der Waals surface area contributed by atoms with E-state index in [9.17, 15) is 18.3 Å². The standard InChI is InChI=1S/C31H38N4O5S/c1-19-9-7-10-20(2)27(19)25-14-26-33-29(32-25)34-41(38,39)24-12-8-11-21(13-24)28(36)35(22-16-31(6,37)17-22)23(18-40-26)15-30(3,4)5/h7-14,22-23,37H,15-18H2,1-6H3,(H,32,33,34)/t22-,23-,31-/m1/s1. The van der Waals surface area contributed by atoms with Gasteiger partial charge < -0.3 is 14.7 Å². The fourth-order valence-corrected chi connectivity index (χ4v) is 6.91. The van der Waals surface area contributed by atoms with Crippen LogP contribution in [0.15, 0.2) is 53.4 Å². The average Bonchev–Trinajstić information content (AvgIpc) is 2.84. The van der Waals surface area contributed by atoms with Gasteiger partial charge >= 0.3 is 0 Å². The SMILES string of the molecule is Cc1cccc(C)c1-c1cc2nc(n1)NS(=O)(=O)c1cccc(c1)C(=O)N([C@H]1C[C@](C)(O)C1)[C@H](CC(C)(C)C)CO2. The van der Waals surface area contributed by atoms with Crippen LogP contribution in [0.25, 0.3) is 11.3 Å². The van der Waals surface area contributed by atoms with Crippen LogP contribution in [0.3, 0.4) is 0 Å². The van der Waals surface area contributed by atoms with Crippen LogP contribution < -0.4 is 9.46 Å².